The average Bonchev–Trinajstić information content (AvgIpc) is 2.90. The van der Waals surface area contributed by atoms with Crippen LogP contribution in [0.2, 0.25) is 0 Å². The first kappa shape index (κ1) is 15.3. The van der Waals surface area contributed by atoms with Crippen molar-refractivity contribution < 1.29 is 4.90 Å². The molecular weight excluding hydrogens is 266 g/mol. The molecule has 0 amide bonds. The Labute approximate surface area is 127 Å². The fourth-order valence-electron chi connectivity index (χ4n) is 2.61. The molecule has 0 atom stereocenters. The molecule has 0 aliphatic carbocycles. The quantitative estimate of drug-likeness (QED) is 0.713. The number of benzene rings is 1. The Balaban J connectivity index is 1.77. The minimum atomic E-state index is 0.376. The van der Waals surface area contributed by atoms with Crippen molar-refractivity contribution in [2.45, 2.75) is 45.8 Å². The van der Waals surface area contributed by atoms with E-state index in [1.807, 2.05) is 0 Å². The molecule has 2 rings (SSSR count). The second-order valence-electron chi connectivity index (χ2n) is 5.93. The molecule has 3 N–H and O–H groups in total. The van der Waals surface area contributed by atoms with Crippen LogP contribution in [0.15, 0.2) is 24.3 Å². The van der Waals surface area contributed by atoms with Crippen molar-refractivity contribution in [3.63, 3.8) is 0 Å². The zero-order valence-corrected chi connectivity index (χ0v) is 13.4. The lowest BCUT2D eigenvalue weighted by Crippen LogP contribution is -3.08. The van der Waals surface area contributed by atoms with Crippen LogP contribution in [0.3, 0.4) is 0 Å². The first-order valence-corrected chi connectivity index (χ1v) is 8.00. The van der Waals surface area contributed by atoms with Crippen LogP contribution in [0.4, 0.5) is 0 Å². The summed E-state index contributed by atoms with van der Waals surface area (Å²) < 4.78 is 0. The summed E-state index contributed by atoms with van der Waals surface area (Å²) in [6, 6.07) is 9.29. The van der Waals surface area contributed by atoms with Gasteiger partial charge in [0.05, 0.1) is 13.1 Å². The van der Waals surface area contributed by atoms with Gasteiger partial charge in [-0.3, -0.25) is 0 Å². The molecule has 4 heteroatoms. The molecule has 0 bridgehead atoms. The van der Waals surface area contributed by atoms with E-state index in [2.05, 4.69) is 48.7 Å². The van der Waals surface area contributed by atoms with Crippen molar-refractivity contribution in [3.8, 4) is 0 Å². The largest absolute Gasteiger partial charge is 0.361 e. The lowest BCUT2D eigenvalue weighted by Gasteiger charge is -2.14. The molecular formula is C16H26N3S+. The maximum absolute atomic E-state index is 5.23. The van der Waals surface area contributed by atoms with E-state index < -0.39 is 0 Å². The molecule has 1 aromatic carbocycles. The van der Waals surface area contributed by atoms with Crippen LogP contribution in [0, 0.1) is 0 Å². The predicted octanol–water partition coefficient (Wildman–Crippen LogP) is 1.24. The summed E-state index contributed by atoms with van der Waals surface area (Å²) in [6.45, 7) is 8.79. The maximum atomic E-state index is 5.23. The summed E-state index contributed by atoms with van der Waals surface area (Å²) in [6.07, 6.45) is 2.77. The second-order valence-corrected chi connectivity index (χ2v) is 6.34. The fraction of sp³-hybridized carbons (Fsp3) is 0.562. The third-order valence-corrected chi connectivity index (χ3v) is 3.92. The third-order valence-electron chi connectivity index (χ3n) is 3.66. The highest BCUT2D eigenvalue weighted by atomic mass is 32.1. The Hall–Kier alpha value is -1.13. The minimum Gasteiger partial charge on any atom is -0.361 e. The summed E-state index contributed by atoms with van der Waals surface area (Å²) in [5.41, 5.74) is 2.71. The van der Waals surface area contributed by atoms with Gasteiger partial charge >= 0.3 is 0 Å². The molecule has 3 nitrogen and oxygen atoms in total. The summed E-state index contributed by atoms with van der Waals surface area (Å²) in [4.78, 5) is 1.72. The third kappa shape index (κ3) is 5.10. The molecule has 1 heterocycles. The predicted molar refractivity (Wildman–Crippen MR) is 87.8 cm³/mol. The molecule has 110 valence electrons. The van der Waals surface area contributed by atoms with Gasteiger partial charge in [0.1, 0.15) is 6.54 Å². The van der Waals surface area contributed by atoms with Crippen molar-refractivity contribution in [3.05, 3.63) is 35.4 Å². The first-order chi connectivity index (χ1) is 9.63. The highest BCUT2D eigenvalue weighted by molar-refractivity contribution is 7.80. The molecule has 0 saturated carbocycles. The minimum absolute atomic E-state index is 0.376. The standard InChI is InChI=1S/C16H25N3S/c1-13(2)18-16(20)17-11-14-5-7-15(8-6-14)12-19-9-3-4-10-19/h5-8,13H,3-4,9-12H2,1-2H3,(H2,17,18,20)/p+1. The summed E-state index contributed by atoms with van der Waals surface area (Å²) in [5.74, 6) is 0. The number of likely N-dealkylation sites (tertiary alicyclic amines) is 1. The number of quaternary nitrogens is 1. The van der Waals surface area contributed by atoms with Gasteiger partial charge in [0, 0.05) is 31.0 Å². The molecule has 1 aliphatic heterocycles. The number of hydrogen-bond acceptors (Lipinski definition) is 1. The highest BCUT2D eigenvalue weighted by Crippen LogP contribution is 2.04. The number of thiocarbonyl (C=S) groups is 1. The van der Waals surface area contributed by atoms with Crippen molar-refractivity contribution >= 4 is 17.3 Å². The van der Waals surface area contributed by atoms with Crippen molar-refractivity contribution in [2.75, 3.05) is 13.1 Å². The topological polar surface area (TPSA) is 28.5 Å². The Kier molecular flexibility index (Phi) is 5.80. The Morgan fingerprint density at radius 3 is 2.35 bits per heavy atom. The molecule has 1 fully saturated rings. The van der Waals surface area contributed by atoms with Crippen LogP contribution < -0.4 is 15.5 Å². The monoisotopic (exact) mass is 292 g/mol. The maximum Gasteiger partial charge on any atom is 0.166 e. The van der Waals surface area contributed by atoms with Gasteiger partial charge in [-0.2, -0.15) is 0 Å². The van der Waals surface area contributed by atoms with Crippen molar-refractivity contribution in [1.82, 2.24) is 10.6 Å². The van der Waals surface area contributed by atoms with E-state index in [0.717, 1.165) is 11.7 Å². The van der Waals surface area contributed by atoms with Gasteiger partial charge in [-0.15, -0.1) is 0 Å². The van der Waals surface area contributed by atoms with Crippen LogP contribution in [-0.4, -0.2) is 24.2 Å². The normalized spacial score (nSPS) is 15.6. The number of nitrogens with one attached hydrogen (secondary N) is 3. The van der Waals surface area contributed by atoms with Crippen LogP contribution >= 0.6 is 12.2 Å². The first-order valence-electron chi connectivity index (χ1n) is 7.59. The number of hydrogen-bond donors (Lipinski definition) is 3. The molecule has 20 heavy (non-hydrogen) atoms. The van der Waals surface area contributed by atoms with Crippen molar-refractivity contribution in [2.24, 2.45) is 0 Å². The number of rotatable bonds is 5. The zero-order chi connectivity index (χ0) is 14.4. The summed E-state index contributed by atoms with van der Waals surface area (Å²) in [7, 11) is 0. The van der Waals surface area contributed by atoms with Crippen LogP contribution in [0.1, 0.15) is 37.8 Å². The second kappa shape index (κ2) is 7.60. The van der Waals surface area contributed by atoms with E-state index >= 15 is 0 Å². The average molecular weight is 292 g/mol. The zero-order valence-electron chi connectivity index (χ0n) is 12.5. The fourth-order valence-corrected chi connectivity index (χ4v) is 2.92. The molecule has 1 aliphatic rings. The van der Waals surface area contributed by atoms with Gasteiger partial charge in [0.2, 0.25) is 0 Å². The molecule has 1 aromatic rings. The smallest absolute Gasteiger partial charge is 0.166 e. The molecule has 0 unspecified atom stereocenters. The van der Waals surface area contributed by atoms with Crippen LogP contribution in [0.5, 0.6) is 0 Å². The van der Waals surface area contributed by atoms with E-state index in [0.29, 0.717) is 6.04 Å². The van der Waals surface area contributed by atoms with Crippen LogP contribution in [0.25, 0.3) is 0 Å². The Morgan fingerprint density at radius 2 is 1.75 bits per heavy atom. The Bertz CT molecular complexity index is 422. The molecule has 0 aromatic heterocycles. The van der Waals surface area contributed by atoms with Gasteiger partial charge in [0.15, 0.2) is 5.11 Å². The van der Waals surface area contributed by atoms with E-state index in [1.165, 1.54) is 43.6 Å². The SMILES string of the molecule is CC(C)NC(=S)NCc1ccc(C[NH+]2CCCC2)cc1. The molecule has 0 radical (unpaired) electrons. The van der Waals surface area contributed by atoms with E-state index in [9.17, 15) is 0 Å². The summed E-state index contributed by atoms with van der Waals surface area (Å²) >= 11 is 5.23. The molecule has 0 spiro atoms. The van der Waals surface area contributed by atoms with E-state index in [-0.39, 0.29) is 0 Å². The van der Waals surface area contributed by atoms with Gasteiger partial charge in [-0.1, -0.05) is 24.3 Å². The van der Waals surface area contributed by atoms with E-state index in [4.69, 9.17) is 12.2 Å². The highest BCUT2D eigenvalue weighted by Gasteiger charge is 2.15. The summed E-state index contributed by atoms with van der Waals surface area (Å²) in [5, 5.41) is 7.15. The van der Waals surface area contributed by atoms with Crippen LogP contribution in [-0.2, 0) is 13.1 Å². The van der Waals surface area contributed by atoms with Crippen molar-refractivity contribution in [1.29, 1.82) is 0 Å². The molecule has 1 saturated heterocycles. The van der Waals surface area contributed by atoms with E-state index in [1.54, 1.807) is 4.90 Å². The lowest BCUT2D eigenvalue weighted by atomic mass is 10.1. The Morgan fingerprint density at radius 1 is 1.15 bits per heavy atom. The lowest BCUT2D eigenvalue weighted by molar-refractivity contribution is -0.901. The van der Waals surface area contributed by atoms with Gasteiger partial charge in [-0.25, -0.2) is 0 Å². The van der Waals surface area contributed by atoms with Gasteiger partial charge in [-0.05, 0) is 31.6 Å². The van der Waals surface area contributed by atoms with Gasteiger partial charge < -0.3 is 15.5 Å². The van der Waals surface area contributed by atoms with Gasteiger partial charge in [0.25, 0.3) is 0 Å².